The van der Waals surface area contributed by atoms with Crippen molar-refractivity contribution in [1.82, 2.24) is 0 Å². The number of aryl methyl sites for hydroxylation is 1. The van der Waals surface area contributed by atoms with Crippen LogP contribution in [0.2, 0.25) is 5.02 Å². The zero-order chi connectivity index (χ0) is 20.5. The van der Waals surface area contributed by atoms with Gasteiger partial charge in [-0.1, -0.05) is 67.1 Å². The lowest BCUT2D eigenvalue weighted by Crippen LogP contribution is -2.08. The number of benzene rings is 3. The maximum absolute atomic E-state index is 10.5. The van der Waals surface area contributed by atoms with Crippen molar-refractivity contribution in [2.75, 3.05) is 19.0 Å². The van der Waals surface area contributed by atoms with E-state index in [9.17, 15) is 9.59 Å². The van der Waals surface area contributed by atoms with Crippen LogP contribution in [0.15, 0.2) is 66.7 Å². The normalized spacial score (nSPS) is 9.86. The Labute approximate surface area is 171 Å². The van der Waals surface area contributed by atoms with Crippen LogP contribution in [0, 0.1) is 0 Å². The summed E-state index contributed by atoms with van der Waals surface area (Å²) in [5.41, 5.74) is 5.91. The number of hydrogen-bond acceptors (Lipinski definition) is 3. The molecule has 0 fully saturated rings. The second-order valence-electron chi connectivity index (χ2n) is 6.51. The van der Waals surface area contributed by atoms with Gasteiger partial charge in [0, 0.05) is 30.9 Å². The molecule has 0 saturated carbocycles. The van der Waals surface area contributed by atoms with Gasteiger partial charge in [-0.25, -0.2) is 0 Å². The Hall–Kier alpha value is -2.91. The van der Waals surface area contributed by atoms with Crippen LogP contribution in [0.25, 0.3) is 11.1 Å². The SMILES string of the molecule is CCc1ccc(-c2ccc(C=O)cc2)cc1.CN(C)c1ccc(C=O)c(Cl)c1. The summed E-state index contributed by atoms with van der Waals surface area (Å²) in [4.78, 5) is 22.9. The fraction of sp³-hybridized carbons (Fsp3) is 0.167. The van der Waals surface area contributed by atoms with Gasteiger partial charge in [-0.15, -0.1) is 0 Å². The maximum Gasteiger partial charge on any atom is 0.151 e. The van der Waals surface area contributed by atoms with Gasteiger partial charge in [0.25, 0.3) is 0 Å². The summed E-state index contributed by atoms with van der Waals surface area (Å²) in [5, 5.41) is 0.496. The summed E-state index contributed by atoms with van der Waals surface area (Å²) in [5.74, 6) is 0. The molecule has 0 heterocycles. The molecule has 0 spiro atoms. The summed E-state index contributed by atoms with van der Waals surface area (Å²) >= 11 is 5.82. The van der Waals surface area contributed by atoms with E-state index >= 15 is 0 Å². The number of carbonyl (C=O) groups is 2. The molecule has 0 bridgehead atoms. The van der Waals surface area contributed by atoms with Crippen molar-refractivity contribution < 1.29 is 9.59 Å². The molecule has 144 valence electrons. The third-order valence-electron chi connectivity index (χ3n) is 4.37. The van der Waals surface area contributed by atoms with E-state index in [1.54, 1.807) is 12.1 Å². The first kappa shape index (κ1) is 21.4. The summed E-state index contributed by atoms with van der Waals surface area (Å²) in [6.45, 7) is 2.15. The van der Waals surface area contributed by atoms with E-state index in [1.165, 1.54) is 11.1 Å². The third-order valence-corrected chi connectivity index (χ3v) is 4.70. The number of halogens is 1. The first-order valence-electron chi connectivity index (χ1n) is 9.05. The molecule has 0 aromatic heterocycles. The molecule has 3 aromatic rings. The molecule has 0 saturated heterocycles. The zero-order valence-corrected chi connectivity index (χ0v) is 17.1. The highest BCUT2D eigenvalue weighted by atomic mass is 35.5. The molecule has 0 aliphatic heterocycles. The Morgan fingerprint density at radius 2 is 1.39 bits per heavy atom. The van der Waals surface area contributed by atoms with Crippen molar-refractivity contribution in [2.24, 2.45) is 0 Å². The van der Waals surface area contributed by atoms with E-state index in [0.29, 0.717) is 16.1 Å². The van der Waals surface area contributed by atoms with E-state index in [0.717, 1.165) is 30.2 Å². The zero-order valence-electron chi connectivity index (χ0n) is 16.4. The number of aldehydes is 2. The molecule has 0 amide bonds. The Kier molecular flexibility index (Phi) is 7.97. The monoisotopic (exact) mass is 393 g/mol. The summed E-state index contributed by atoms with van der Waals surface area (Å²) < 4.78 is 0. The number of carbonyl (C=O) groups excluding carboxylic acids is 2. The lowest BCUT2D eigenvalue weighted by Gasteiger charge is -2.12. The molecule has 0 N–H and O–H groups in total. The average Bonchev–Trinajstić information content (AvgIpc) is 2.74. The van der Waals surface area contributed by atoms with Gasteiger partial charge in [0.2, 0.25) is 0 Å². The van der Waals surface area contributed by atoms with Gasteiger partial charge in [-0.2, -0.15) is 0 Å². The molecule has 3 nitrogen and oxygen atoms in total. The minimum Gasteiger partial charge on any atom is -0.378 e. The molecule has 0 aliphatic rings. The van der Waals surface area contributed by atoms with Crippen molar-refractivity contribution in [3.05, 3.63) is 88.4 Å². The van der Waals surface area contributed by atoms with Crippen LogP contribution < -0.4 is 4.90 Å². The number of nitrogens with zero attached hydrogens (tertiary/aromatic N) is 1. The van der Waals surface area contributed by atoms with E-state index < -0.39 is 0 Å². The average molecular weight is 394 g/mol. The third kappa shape index (κ3) is 5.80. The van der Waals surface area contributed by atoms with E-state index in [-0.39, 0.29) is 0 Å². The number of rotatable bonds is 5. The molecule has 0 radical (unpaired) electrons. The van der Waals surface area contributed by atoms with Crippen LogP contribution in [0.3, 0.4) is 0 Å². The highest BCUT2D eigenvalue weighted by molar-refractivity contribution is 6.33. The first-order valence-corrected chi connectivity index (χ1v) is 9.43. The van der Waals surface area contributed by atoms with Crippen molar-refractivity contribution in [3.8, 4) is 11.1 Å². The van der Waals surface area contributed by atoms with Crippen molar-refractivity contribution in [1.29, 1.82) is 0 Å². The van der Waals surface area contributed by atoms with Gasteiger partial charge in [0.1, 0.15) is 6.29 Å². The van der Waals surface area contributed by atoms with Gasteiger partial charge < -0.3 is 4.90 Å². The van der Waals surface area contributed by atoms with Crippen LogP contribution in [-0.2, 0) is 6.42 Å². The minimum absolute atomic E-state index is 0.496. The van der Waals surface area contributed by atoms with Crippen molar-refractivity contribution in [3.63, 3.8) is 0 Å². The topological polar surface area (TPSA) is 37.4 Å². The van der Waals surface area contributed by atoms with Crippen LogP contribution in [0.1, 0.15) is 33.2 Å². The van der Waals surface area contributed by atoms with Crippen LogP contribution in [0.5, 0.6) is 0 Å². The van der Waals surface area contributed by atoms with E-state index in [1.807, 2.05) is 49.3 Å². The van der Waals surface area contributed by atoms with Crippen molar-refractivity contribution >= 4 is 29.9 Å². The number of anilines is 1. The van der Waals surface area contributed by atoms with Gasteiger partial charge in [-0.05, 0) is 41.3 Å². The van der Waals surface area contributed by atoms with E-state index in [4.69, 9.17) is 11.6 Å². The molecule has 3 aromatic carbocycles. The van der Waals surface area contributed by atoms with Gasteiger partial charge >= 0.3 is 0 Å². The number of hydrogen-bond donors (Lipinski definition) is 0. The van der Waals surface area contributed by atoms with Crippen molar-refractivity contribution in [2.45, 2.75) is 13.3 Å². The molecule has 3 rings (SSSR count). The Morgan fingerprint density at radius 3 is 1.82 bits per heavy atom. The van der Waals surface area contributed by atoms with E-state index in [2.05, 4.69) is 31.2 Å². The largest absolute Gasteiger partial charge is 0.378 e. The highest BCUT2D eigenvalue weighted by Crippen LogP contribution is 2.21. The molecule has 4 heteroatoms. The molecule has 0 aliphatic carbocycles. The lowest BCUT2D eigenvalue weighted by molar-refractivity contribution is 0.111. The summed E-state index contributed by atoms with van der Waals surface area (Å²) in [7, 11) is 3.85. The fourth-order valence-corrected chi connectivity index (χ4v) is 2.80. The predicted octanol–water partition coefficient (Wildman–Crippen LogP) is 5.95. The second kappa shape index (κ2) is 10.4. The molecule has 0 atom stereocenters. The summed E-state index contributed by atoms with van der Waals surface area (Å²) in [6.07, 6.45) is 2.68. The Balaban J connectivity index is 0.000000209. The second-order valence-corrected chi connectivity index (χ2v) is 6.92. The smallest absolute Gasteiger partial charge is 0.151 e. The lowest BCUT2D eigenvalue weighted by atomic mass is 10.0. The minimum atomic E-state index is 0.496. The van der Waals surface area contributed by atoms with Crippen LogP contribution in [-0.4, -0.2) is 26.7 Å². The molecular formula is C24H24ClNO2. The van der Waals surface area contributed by atoms with Crippen LogP contribution in [0.4, 0.5) is 5.69 Å². The molecule has 0 unspecified atom stereocenters. The van der Waals surface area contributed by atoms with Crippen LogP contribution >= 0.6 is 11.6 Å². The van der Waals surface area contributed by atoms with Gasteiger partial charge in [0.15, 0.2) is 6.29 Å². The Morgan fingerprint density at radius 1 is 0.821 bits per heavy atom. The Bertz CT molecular complexity index is 916. The molecule has 28 heavy (non-hydrogen) atoms. The summed E-state index contributed by atoms with van der Waals surface area (Å²) in [6, 6.07) is 21.5. The first-order chi connectivity index (χ1) is 13.5. The predicted molar refractivity (Wildman–Crippen MR) is 118 cm³/mol. The van der Waals surface area contributed by atoms with Gasteiger partial charge in [0.05, 0.1) is 5.02 Å². The molecular weight excluding hydrogens is 370 g/mol. The quantitative estimate of drug-likeness (QED) is 0.503. The maximum atomic E-state index is 10.5. The fourth-order valence-electron chi connectivity index (χ4n) is 2.58. The standard InChI is InChI=1S/C15H14O.C9H10ClNO/c1-2-12-3-7-14(8-4-12)15-9-5-13(11-16)6-10-15;1-11(2)8-4-3-7(6-12)9(10)5-8/h3-11H,2H2,1H3;3-6H,1-2H3. The van der Waals surface area contributed by atoms with Gasteiger partial charge in [-0.3, -0.25) is 9.59 Å². The highest BCUT2D eigenvalue weighted by Gasteiger charge is 2.01.